The van der Waals surface area contributed by atoms with E-state index in [0.29, 0.717) is 13.0 Å². The number of aromatic nitrogens is 1. The molecule has 1 aromatic heterocycles. The van der Waals surface area contributed by atoms with Gasteiger partial charge in [-0.15, -0.1) is 0 Å². The predicted molar refractivity (Wildman–Crippen MR) is 107 cm³/mol. The van der Waals surface area contributed by atoms with E-state index in [1.807, 2.05) is 59.4 Å². The average Bonchev–Trinajstić information content (AvgIpc) is 2.68. The van der Waals surface area contributed by atoms with E-state index in [9.17, 15) is 13.2 Å². The molecule has 0 spiro atoms. The lowest BCUT2D eigenvalue weighted by atomic mass is 10.1. The van der Waals surface area contributed by atoms with Crippen molar-refractivity contribution in [2.75, 3.05) is 6.54 Å². The number of nitrogens with two attached hydrogens (primary N) is 1. The molecule has 0 saturated heterocycles. The average molecular weight is 396 g/mol. The molecule has 28 heavy (non-hydrogen) atoms. The van der Waals surface area contributed by atoms with Gasteiger partial charge in [-0.25, -0.2) is 13.6 Å². The van der Waals surface area contributed by atoms with Crippen LogP contribution in [0.4, 0.5) is 0 Å². The highest BCUT2D eigenvalue weighted by atomic mass is 32.2. The van der Waals surface area contributed by atoms with E-state index in [1.54, 1.807) is 12.1 Å². The van der Waals surface area contributed by atoms with E-state index in [1.165, 1.54) is 12.1 Å². The summed E-state index contributed by atoms with van der Waals surface area (Å²) in [6.45, 7) is 0.692. The summed E-state index contributed by atoms with van der Waals surface area (Å²) in [7, 11) is -3.68. The number of hydrogen-bond donors (Lipinski definition) is 2. The summed E-state index contributed by atoms with van der Waals surface area (Å²) < 4.78 is 24.4. The second kappa shape index (κ2) is 8.77. The molecule has 6 nitrogen and oxygen atoms in total. The number of primary sulfonamides is 1. The van der Waals surface area contributed by atoms with Gasteiger partial charge in [0.15, 0.2) is 12.4 Å². The van der Waals surface area contributed by atoms with Gasteiger partial charge in [-0.3, -0.25) is 4.79 Å². The molecule has 3 N–H and O–H groups in total. The molecule has 0 fully saturated rings. The molecule has 3 rings (SSSR count). The van der Waals surface area contributed by atoms with Gasteiger partial charge in [-0.1, -0.05) is 42.5 Å². The maximum absolute atomic E-state index is 12.2. The number of nitrogens with zero attached hydrogens (tertiary/aromatic N) is 1. The lowest BCUT2D eigenvalue weighted by Crippen LogP contribution is -2.43. The number of pyridine rings is 1. The van der Waals surface area contributed by atoms with Gasteiger partial charge >= 0.3 is 0 Å². The monoisotopic (exact) mass is 396 g/mol. The molecule has 144 valence electrons. The first-order valence-electron chi connectivity index (χ1n) is 8.85. The van der Waals surface area contributed by atoms with Crippen LogP contribution in [0.15, 0.2) is 84.0 Å². The minimum Gasteiger partial charge on any atom is -0.350 e. The Hall–Kier alpha value is -3.03. The van der Waals surface area contributed by atoms with Crippen LogP contribution < -0.4 is 15.0 Å². The Balaban J connectivity index is 1.52. The summed E-state index contributed by atoms with van der Waals surface area (Å²) in [4.78, 5) is 12.3. The lowest BCUT2D eigenvalue weighted by Gasteiger charge is -2.05. The summed E-state index contributed by atoms with van der Waals surface area (Å²) in [6.07, 6.45) is 4.41. The normalized spacial score (nSPS) is 11.2. The van der Waals surface area contributed by atoms with Gasteiger partial charge in [0.05, 0.1) is 4.90 Å². The minimum absolute atomic E-state index is 0.0787. The van der Waals surface area contributed by atoms with Crippen LogP contribution in [0.2, 0.25) is 0 Å². The van der Waals surface area contributed by atoms with Crippen LogP contribution in [0.1, 0.15) is 5.56 Å². The number of benzene rings is 2. The molecule has 0 bridgehead atoms. The molecule has 0 aliphatic carbocycles. The van der Waals surface area contributed by atoms with Gasteiger partial charge in [-0.2, -0.15) is 4.57 Å². The third-order valence-electron chi connectivity index (χ3n) is 4.28. The number of rotatable bonds is 7. The van der Waals surface area contributed by atoms with Crippen LogP contribution in [0, 0.1) is 0 Å². The van der Waals surface area contributed by atoms with Crippen molar-refractivity contribution in [3.05, 3.63) is 84.7 Å². The van der Waals surface area contributed by atoms with E-state index in [4.69, 9.17) is 5.14 Å². The Morgan fingerprint density at radius 1 is 0.929 bits per heavy atom. The van der Waals surface area contributed by atoms with Crippen molar-refractivity contribution >= 4 is 15.9 Å². The maximum Gasteiger partial charge on any atom is 0.285 e. The lowest BCUT2D eigenvalue weighted by molar-refractivity contribution is -0.684. The quantitative estimate of drug-likeness (QED) is 0.595. The molecule has 3 aromatic rings. The Morgan fingerprint density at radius 3 is 2.29 bits per heavy atom. The number of sulfonamides is 1. The molecule has 1 heterocycles. The van der Waals surface area contributed by atoms with Gasteiger partial charge in [-0.05, 0) is 35.7 Å². The van der Waals surface area contributed by atoms with E-state index in [2.05, 4.69) is 5.32 Å². The van der Waals surface area contributed by atoms with E-state index in [-0.39, 0.29) is 17.3 Å². The van der Waals surface area contributed by atoms with Crippen LogP contribution in [0.3, 0.4) is 0 Å². The summed E-state index contributed by atoms with van der Waals surface area (Å²) in [6, 6.07) is 20.3. The van der Waals surface area contributed by atoms with Crippen LogP contribution in [-0.4, -0.2) is 20.9 Å². The molecule has 0 atom stereocenters. The second-order valence-electron chi connectivity index (χ2n) is 6.42. The largest absolute Gasteiger partial charge is 0.350 e. The van der Waals surface area contributed by atoms with Crippen LogP contribution in [0.25, 0.3) is 11.1 Å². The highest BCUT2D eigenvalue weighted by Gasteiger charge is 2.11. The third-order valence-corrected chi connectivity index (χ3v) is 5.21. The zero-order chi connectivity index (χ0) is 20.0. The summed E-state index contributed by atoms with van der Waals surface area (Å²) in [5.41, 5.74) is 3.07. The Bertz CT molecular complexity index is 1050. The fourth-order valence-corrected chi connectivity index (χ4v) is 3.35. The van der Waals surface area contributed by atoms with E-state index >= 15 is 0 Å². The third kappa shape index (κ3) is 5.48. The summed E-state index contributed by atoms with van der Waals surface area (Å²) >= 11 is 0. The van der Waals surface area contributed by atoms with E-state index < -0.39 is 10.0 Å². The number of carbonyl (C=O) groups is 1. The molecule has 0 radical (unpaired) electrons. The van der Waals surface area contributed by atoms with Gasteiger partial charge in [0.1, 0.15) is 0 Å². The highest BCUT2D eigenvalue weighted by molar-refractivity contribution is 7.89. The van der Waals surface area contributed by atoms with Gasteiger partial charge < -0.3 is 5.32 Å². The molecule has 2 aromatic carbocycles. The maximum atomic E-state index is 12.2. The highest BCUT2D eigenvalue weighted by Crippen LogP contribution is 2.16. The van der Waals surface area contributed by atoms with Gasteiger partial charge in [0, 0.05) is 18.2 Å². The van der Waals surface area contributed by atoms with Crippen molar-refractivity contribution in [3.8, 4) is 11.1 Å². The first-order chi connectivity index (χ1) is 13.4. The molecule has 0 saturated carbocycles. The smallest absolute Gasteiger partial charge is 0.285 e. The zero-order valence-electron chi connectivity index (χ0n) is 15.3. The van der Waals surface area contributed by atoms with Crippen molar-refractivity contribution in [2.24, 2.45) is 5.14 Å². The fourth-order valence-electron chi connectivity index (χ4n) is 2.84. The summed E-state index contributed by atoms with van der Waals surface area (Å²) in [5.74, 6) is -0.0867. The summed E-state index contributed by atoms with van der Waals surface area (Å²) in [5, 5.41) is 7.96. The van der Waals surface area contributed by atoms with Crippen molar-refractivity contribution in [1.82, 2.24) is 5.32 Å². The standard InChI is InChI=1S/C21H21N3O3S/c22-28(26,27)20-10-8-17(9-11-20)12-13-23-21(25)16-24-14-4-7-19(15-24)18-5-2-1-3-6-18/h1-11,14-15H,12-13,16H2,(H2-,22,23,25,26,27)/p+1. The Labute approximate surface area is 164 Å². The first-order valence-corrected chi connectivity index (χ1v) is 10.4. The zero-order valence-corrected chi connectivity index (χ0v) is 16.1. The molecule has 0 aliphatic rings. The van der Waals surface area contributed by atoms with Crippen LogP contribution in [-0.2, 0) is 27.8 Å². The second-order valence-corrected chi connectivity index (χ2v) is 7.98. The van der Waals surface area contributed by atoms with Crippen molar-refractivity contribution in [2.45, 2.75) is 17.9 Å². The van der Waals surface area contributed by atoms with Gasteiger partial charge in [0.25, 0.3) is 5.91 Å². The number of amides is 1. The Kier molecular flexibility index (Phi) is 6.18. The number of hydrogen-bond acceptors (Lipinski definition) is 3. The van der Waals surface area contributed by atoms with E-state index in [0.717, 1.165) is 16.7 Å². The molecular weight excluding hydrogens is 374 g/mol. The first kappa shape index (κ1) is 19.7. The van der Waals surface area contributed by atoms with Crippen molar-refractivity contribution in [1.29, 1.82) is 0 Å². The van der Waals surface area contributed by atoms with Crippen LogP contribution >= 0.6 is 0 Å². The number of carbonyl (C=O) groups excluding carboxylic acids is 1. The molecule has 0 aliphatic heterocycles. The predicted octanol–water partition coefficient (Wildman–Crippen LogP) is 1.65. The van der Waals surface area contributed by atoms with Crippen LogP contribution in [0.5, 0.6) is 0 Å². The van der Waals surface area contributed by atoms with Crippen molar-refractivity contribution < 1.29 is 17.8 Å². The minimum atomic E-state index is -3.68. The number of nitrogens with one attached hydrogen (secondary N) is 1. The molecular formula is C21H22N3O3S+. The van der Waals surface area contributed by atoms with Gasteiger partial charge in [0.2, 0.25) is 16.6 Å². The molecule has 7 heteroatoms. The fraction of sp³-hybridized carbons (Fsp3) is 0.143. The molecule has 0 unspecified atom stereocenters. The SMILES string of the molecule is NS(=O)(=O)c1ccc(CCNC(=O)C[n+]2cccc(-c3ccccc3)c2)cc1. The van der Waals surface area contributed by atoms with Crippen molar-refractivity contribution in [3.63, 3.8) is 0 Å². The topological polar surface area (TPSA) is 93.1 Å². The Morgan fingerprint density at radius 2 is 1.61 bits per heavy atom. The molecule has 1 amide bonds.